The SMILES string of the molecule is Cc1c([N+](=O)[O-])cnc(OC(F)(F)F)c1S(=O)(=O)Cl. The summed E-state index contributed by atoms with van der Waals surface area (Å²) in [6, 6.07) is 0. The lowest BCUT2D eigenvalue weighted by atomic mass is 10.2. The van der Waals surface area contributed by atoms with Crippen molar-refractivity contribution in [2.24, 2.45) is 0 Å². The first-order chi connectivity index (χ1) is 8.43. The van der Waals surface area contributed by atoms with Gasteiger partial charge in [-0.25, -0.2) is 13.4 Å². The average Bonchev–Trinajstić information content (AvgIpc) is 2.11. The molecule has 7 nitrogen and oxygen atoms in total. The molecular weight excluding hydrogens is 317 g/mol. The van der Waals surface area contributed by atoms with E-state index in [-0.39, 0.29) is 0 Å². The summed E-state index contributed by atoms with van der Waals surface area (Å²) in [6.45, 7) is 0.915. The zero-order valence-corrected chi connectivity index (χ0v) is 10.5. The van der Waals surface area contributed by atoms with Gasteiger partial charge in [0.05, 0.1) is 10.5 Å². The van der Waals surface area contributed by atoms with Gasteiger partial charge in [0.1, 0.15) is 6.20 Å². The van der Waals surface area contributed by atoms with Crippen molar-refractivity contribution in [2.45, 2.75) is 18.2 Å². The average molecular weight is 321 g/mol. The molecule has 0 aliphatic heterocycles. The largest absolute Gasteiger partial charge is 0.574 e. The highest BCUT2D eigenvalue weighted by Gasteiger charge is 2.37. The van der Waals surface area contributed by atoms with Crippen LogP contribution in [0.4, 0.5) is 18.9 Å². The number of halogens is 4. The maximum absolute atomic E-state index is 12.1. The molecule has 0 saturated heterocycles. The Morgan fingerprint density at radius 1 is 1.47 bits per heavy atom. The fourth-order valence-electron chi connectivity index (χ4n) is 1.21. The molecule has 1 heterocycles. The van der Waals surface area contributed by atoms with E-state index in [4.69, 9.17) is 10.7 Å². The summed E-state index contributed by atoms with van der Waals surface area (Å²) in [5, 5.41) is 10.6. The maximum Gasteiger partial charge on any atom is 0.574 e. The first-order valence-corrected chi connectivity index (χ1v) is 6.59. The van der Waals surface area contributed by atoms with Gasteiger partial charge in [-0.15, -0.1) is 13.2 Å². The summed E-state index contributed by atoms with van der Waals surface area (Å²) in [6.07, 6.45) is -4.77. The molecule has 0 bridgehead atoms. The first-order valence-electron chi connectivity index (χ1n) is 4.28. The molecule has 106 valence electrons. The van der Waals surface area contributed by atoms with E-state index in [0.29, 0.717) is 6.20 Å². The summed E-state index contributed by atoms with van der Waals surface area (Å²) in [5.74, 6) is -1.37. The molecule has 0 amide bonds. The fourth-order valence-corrected chi connectivity index (χ4v) is 2.52. The molecule has 0 aliphatic rings. The molecule has 0 atom stereocenters. The van der Waals surface area contributed by atoms with Crippen LogP contribution in [0.2, 0.25) is 0 Å². The van der Waals surface area contributed by atoms with E-state index in [1.54, 1.807) is 0 Å². The van der Waals surface area contributed by atoms with Gasteiger partial charge in [-0.05, 0) is 6.92 Å². The monoisotopic (exact) mass is 320 g/mol. The molecule has 1 aromatic heterocycles. The van der Waals surface area contributed by atoms with E-state index in [0.717, 1.165) is 6.92 Å². The lowest BCUT2D eigenvalue weighted by molar-refractivity contribution is -0.386. The molecule has 0 aromatic carbocycles. The number of rotatable bonds is 3. The summed E-state index contributed by atoms with van der Waals surface area (Å²) in [7, 11) is 0.225. The molecular formula is C7H4ClF3N2O5S. The van der Waals surface area contributed by atoms with Crippen LogP contribution >= 0.6 is 10.7 Å². The number of alkyl halides is 3. The third-order valence-corrected chi connectivity index (χ3v) is 3.31. The normalized spacial score (nSPS) is 12.3. The van der Waals surface area contributed by atoms with Crippen molar-refractivity contribution >= 4 is 25.4 Å². The third-order valence-electron chi connectivity index (χ3n) is 1.88. The van der Waals surface area contributed by atoms with E-state index in [9.17, 15) is 31.7 Å². The molecule has 0 saturated carbocycles. The van der Waals surface area contributed by atoms with Crippen LogP contribution in [0.5, 0.6) is 5.88 Å². The second-order valence-corrected chi connectivity index (χ2v) is 5.65. The minimum absolute atomic E-state index is 0.446. The summed E-state index contributed by atoms with van der Waals surface area (Å²) in [4.78, 5) is 11.3. The maximum atomic E-state index is 12.1. The van der Waals surface area contributed by atoms with Crippen LogP contribution in [0.25, 0.3) is 0 Å². The molecule has 0 N–H and O–H groups in total. The van der Waals surface area contributed by atoms with Gasteiger partial charge in [-0.3, -0.25) is 10.1 Å². The Kier molecular flexibility index (Phi) is 3.91. The second-order valence-electron chi connectivity index (χ2n) is 3.15. The minimum atomic E-state index is -5.22. The van der Waals surface area contributed by atoms with Crippen LogP contribution < -0.4 is 4.74 Å². The Bertz CT molecular complexity index is 630. The van der Waals surface area contributed by atoms with E-state index in [1.165, 1.54) is 0 Å². The number of ether oxygens (including phenoxy) is 1. The smallest absolute Gasteiger partial charge is 0.386 e. The minimum Gasteiger partial charge on any atom is -0.386 e. The fraction of sp³-hybridized carbons (Fsp3) is 0.286. The van der Waals surface area contributed by atoms with Crippen LogP contribution in [-0.4, -0.2) is 24.7 Å². The number of nitro groups is 1. The van der Waals surface area contributed by atoms with Crippen LogP contribution in [0.1, 0.15) is 5.56 Å². The van der Waals surface area contributed by atoms with Gasteiger partial charge < -0.3 is 4.74 Å². The second kappa shape index (κ2) is 4.81. The zero-order chi connectivity index (χ0) is 15.0. The van der Waals surface area contributed by atoms with Crippen molar-refractivity contribution in [1.82, 2.24) is 4.98 Å². The standard InChI is InChI=1S/C7H4ClF3N2O5S/c1-3-4(13(14)15)2-12-6(18-7(9,10)11)5(3)19(8,16)17/h2H,1H3. The van der Waals surface area contributed by atoms with Gasteiger partial charge in [-0.1, -0.05) is 0 Å². The summed E-state index contributed by atoms with van der Waals surface area (Å²) < 4.78 is 62.0. The van der Waals surface area contributed by atoms with Crippen LogP contribution in [0.3, 0.4) is 0 Å². The van der Waals surface area contributed by atoms with Crippen molar-refractivity contribution < 1.29 is 31.2 Å². The molecule has 0 aliphatic carbocycles. The Hall–Kier alpha value is -1.62. The van der Waals surface area contributed by atoms with Gasteiger partial charge in [-0.2, -0.15) is 0 Å². The van der Waals surface area contributed by atoms with Crippen LogP contribution in [-0.2, 0) is 9.05 Å². The summed E-state index contributed by atoms with van der Waals surface area (Å²) in [5.41, 5.74) is -1.40. The highest BCUT2D eigenvalue weighted by Crippen LogP contribution is 2.35. The van der Waals surface area contributed by atoms with Crippen molar-refractivity contribution in [3.8, 4) is 5.88 Å². The predicted molar refractivity (Wildman–Crippen MR) is 55.4 cm³/mol. The van der Waals surface area contributed by atoms with Gasteiger partial charge in [0.25, 0.3) is 14.7 Å². The Balaban J connectivity index is 3.59. The van der Waals surface area contributed by atoms with E-state index in [1.807, 2.05) is 0 Å². The molecule has 1 aromatic rings. The lowest BCUT2D eigenvalue weighted by Gasteiger charge is -2.11. The van der Waals surface area contributed by atoms with Gasteiger partial charge in [0.2, 0.25) is 5.88 Å². The molecule has 0 fully saturated rings. The van der Waals surface area contributed by atoms with Crippen LogP contribution in [0.15, 0.2) is 11.1 Å². The number of hydrogen-bond acceptors (Lipinski definition) is 6. The predicted octanol–water partition coefficient (Wildman–Crippen LogP) is 2.12. The van der Waals surface area contributed by atoms with Crippen molar-refractivity contribution in [2.75, 3.05) is 0 Å². The molecule has 0 radical (unpaired) electrons. The topological polar surface area (TPSA) is 99.4 Å². The molecule has 12 heteroatoms. The lowest BCUT2D eigenvalue weighted by Crippen LogP contribution is -2.20. The highest BCUT2D eigenvalue weighted by molar-refractivity contribution is 8.13. The molecule has 0 spiro atoms. The summed E-state index contributed by atoms with van der Waals surface area (Å²) >= 11 is 0. The number of aromatic nitrogens is 1. The number of hydrogen-bond donors (Lipinski definition) is 0. The van der Waals surface area contributed by atoms with Crippen molar-refractivity contribution in [3.63, 3.8) is 0 Å². The third kappa shape index (κ3) is 3.67. The van der Waals surface area contributed by atoms with E-state index < -0.39 is 42.4 Å². The van der Waals surface area contributed by atoms with Crippen molar-refractivity contribution in [1.29, 1.82) is 0 Å². The molecule has 0 unspecified atom stereocenters. The van der Waals surface area contributed by atoms with Gasteiger partial charge in [0, 0.05) is 10.7 Å². The molecule has 19 heavy (non-hydrogen) atoms. The van der Waals surface area contributed by atoms with Gasteiger partial charge in [0.15, 0.2) is 4.90 Å². The number of nitrogens with zero attached hydrogens (tertiary/aromatic N) is 2. The molecule has 1 rings (SSSR count). The zero-order valence-electron chi connectivity index (χ0n) is 8.93. The van der Waals surface area contributed by atoms with E-state index >= 15 is 0 Å². The Labute approximate surface area is 108 Å². The highest BCUT2D eigenvalue weighted by atomic mass is 35.7. The van der Waals surface area contributed by atoms with Gasteiger partial charge >= 0.3 is 6.36 Å². The Morgan fingerprint density at radius 2 is 2.00 bits per heavy atom. The van der Waals surface area contributed by atoms with Crippen LogP contribution in [0, 0.1) is 17.0 Å². The Morgan fingerprint density at radius 3 is 2.37 bits per heavy atom. The first kappa shape index (κ1) is 15.4. The van der Waals surface area contributed by atoms with E-state index in [2.05, 4.69) is 9.72 Å². The number of pyridine rings is 1. The quantitative estimate of drug-likeness (QED) is 0.480. The van der Waals surface area contributed by atoms with Crippen molar-refractivity contribution in [3.05, 3.63) is 21.9 Å².